The van der Waals surface area contributed by atoms with Crippen molar-refractivity contribution in [1.29, 1.82) is 0 Å². The molecule has 0 bridgehead atoms. The van der Waals surface area contributed by atoms with Gasteiger partial charge in [0.2, 0.25) is 0 Å². The Morgan fingerprint density at radius 3 is 2.76 bits per heavy atom. The molecule has 0 saturated heterocycles. The summed E-state index contributed by atoms with van der Waals surface area (Å²) in [6.45, 7) is 7.24. The van der Waals surface area contributed by atoms with Crippen LogP contribution in [0, 0.1) is 6.92 Å². The number of hydrogen-bond donors (Lipinski definition) is 0. The zero-order chi connectivity index (χ0) is 18.4. The fraction of sp³-hybridized carbons (Fsp3) is 0.250. The maximum atomic E-state index is 11.6. The lowest BCUT2D eigenvalue weighted by molar-refractivity contribution is -0.115. The van der Waals surface area contributed by atoms with E-state index in [0.29, 0.717) is 35.2 Å². The SMILES string of the molecule is C=C(C)C(=O)CCC(C=O)=CCOc1cc(=O)oc2cccc(C)c12. The van der Waals surface area contributed by atoms with E-state index in [0.717, 1.165) is 10.9 Å². The third-order valence-electron chi connectivity index (χ3n) is 3.79. The summed E-state index contributed by atoms with van der Waals surface area (Å²) in [6.07, 6.45) is 2.88. The lowest BCUT2D eigenvalue weighted by Gasteiger charge is -2.09. The van der Waals surface area contributed by atoms with Crippen molar-refractivity contribution in [2.45, 2.75) is 26.7 Å². The second-order valence-electron chi connectivity index (χ2n) is 5.79. The Balaban J connectivity index is 2.14. The van der Waals surface area contributed by atoms with Gasteiger partial charge in [0.05, 0.1) is 11.5 Å². The molecule has 1 aromatic carbocycles. The van der Waals surface area contributed by atoms with Gasteiger partial charge in [-0.15, -0.1) is 0 Å². The van der Waals surface area contributed by atoms with Gasteiger partial charge in [0, 0.05) is 6.42 Å². The van der Waals surface area contributed by atoms with Crippen LogP contribution in [0.2, 0.25) is 0 Å². The Hall–Kier alpha value is -2.95. The average molecular weight is 340 g/mol. The van der Waals surface area contributed by atoms with E-state index in [1.807, 2.05) is 13.0 Å². The van der Waals surface area contributed by atoms with Crippen molar-refractivity contribution >= 4 is 23.0 Å². The van der Waals surface area contributed by atoms with Gasteiger partial charge < -0.3 is 9.15 Å². The largest absolute Gasteiger partial charge is 0.488 e. The summed E-state index contributed by atoms with van der Waals surface area (Å²) in [5.74, 6) is 0.333. The first-order valence-corrected chi connectivity index (χ1v) is 7.91. The van der Waals surface area contributed by atoms with Gasteiger partial charge in [0.25, 0.3) is 0 Å². The molecule has 1 aromatic heterocycles. The van der Waals surface area contributed by atoms with Crippen LogP contribution in [0.5, 0.6) is 5.75 Å². The third kappa shape index (κ3) is 4.76. The predicted molar refractivity (Wildman–Crippen MR) is 95.9 cm³/mol. The zero-order valence-electron chi connectivity index (χ0n) is 14.3. The van der Waals surface area contributed by atoms with Gasteiger partial charge in [-0.1, -0.05) is 18.7 Å². The molecule has 0 N–H and O–H groups in total. The Bertz CT molecular complexity index is 902. The molecule has 25 heavy (non-hydrogen) atoms. The summed E-state index contributed by atoms with van der Waals surface area (Å²) in [7, 11) is 0. The van der Waals surface area contributed by atoms with Crippen LogP contribution < -0.4 is 10.4 Å². The number of ether oxygens (including phenoxy) is 1. The number of allylic oxidation sites excluding steroid dienone is 2. The van der Waals surface area contributed by atoms with Crippen molar-refractivity contribution in [3.05, 3.63) is 64.1 Å². The van der Waals surface area contributed by atoms with Crippen LogP contribution in [-0.2, 0) is 9.59 Å². The summed E-state index contributed by atoms with van der Waals surface area (Å²) in [4.78, 5) is 34.3. The monoisotopic (exact) mass is 340 g/mol. The van der Waals surface area contributed by atoms with E-state index in [4.69, 9.17) is 9.15 Å². The van der Waals surface area contributed by atoms with Crippen LogP contribution in [-0.4, -0.2) is 18.7 Å². The second-order valence-corrected chi connectivity index (χ2v) is 5.79. The summed E-state index contributed by atoms with van der Waals surface area (Å²) in [6, 6.07) is 6.68. The number of rotatable bonds is 8. The Kier molecular flexibility index (Phi) is 6.06. The molecule has 2 aromatic rings. The average Bonchev–Trinajstić information content (AvgIpc) is 2.57. The fourth-order valence-corrected chi connectivity index (χ4v) is 2.39. The fourth-order valence-electron chi connectivity index (χ4n) is 2.39. The molecule has 0 saturated carbocycles. The summed E-state index contributed by atoms with van der Waals surface area (Å²) in [5, 5.41) is 0.723. The van der Waals surface area contributed by atoms with Crippen molar-refractivity contribution < 1.29 is 18.7 Å². The van der Waals surface area contributed by atoms with E-state index in [1.165, 1.54) is 6.07 Å². The highest BCUT2D eigenvalue weighted by Crippen LogP contribution is 2.27. The molecule has 5 nitrogen and oxygen atoms in total. The first-order valence-electron chi connectivity index (χ1n) is 7.91. The van der Waals surface area contributed by atoms with E-state index in [-0.39, 0.29) is 18.8 Å². The topological polar surface area (TPSA) is 73.6 Å². The molecule has 0 aliphatic rings. The number of fused-ring (bicyclic) bond motifs is 1. The van der Waals surface area contributed by atoms with Gasteiger partial charge in [-0.2, -0.15) is 0 Å². The molecule has 0 atom stereocenters. The lowest BCUT2D eigenvalue weighted by Crippen LogP contribution is -2.04. The van der Waals surface area contributed by atoms with Gasteiger partial charge in [-0.3, -0.25) is 9.59 Å². The molecule has 0 aliphatic carbocycles. The molecule has 0 unspecified atom stereocenters. The number of aldehydes is 1. The molecule has 0 spiro atoms. The third-order valence-corrected chi connectivity index (χ3v) is 3.79. The highest BCUT2D eigenvalue weighted by molar-refractivity contribution is 5.94. The number of ketones is 1. The van der Waals surface area contributed by atoms with Crippen molar-refractivity contribution in [3.8, 4) is 5.75 Å². The highest BCUT2D eigenvalue weighted by Gasteiger charge is 2.09. The zero-order valence-corrected chi connectivity index (χ0v) is 14.3. The van der Waals surface area contributed by atoms with Crippen LogP contribution in [0.4, 0.5) is 0 Å². The van der Waals surface area contributed by atoms with Gasteiger partial charge in [0.15, 0.2) is 5.78 Å². The minimum atomic E-state index is -0.500. The van der Waals surface area contributed by atoms with E-state index < -0.39 is 5.63 Å². The Labute approximate surface area is 145 Å². The molecular formula is C20H20O5. The number of benzene rings is 1. The molecule has 0 aliphatic heterocycles. The Morgan fingerprint density at radius 2 is 2.08 bits per heavy atom. The molecule has 0 amide bonds. The summed E-state index contributed by atoms with van der Waals surface area (Å²) >= 11 is 0. The van der Waals surface area contributed by atoms with Gasteiger partial charge in [-0.05, 0) is 49.1 Å². The minimum absolute atomic E-state index is 0.0732. The number of aryl methyl sites for hydroxylation is 1. The predicted octanol–water partition coefficient (Wildman–Crippen LogP) is 3.53. The van der Waals surface area contributed by atoms with E-state index in [2.05, 4.69) is 6.58 Å². The molecule has 130 valence electrons. The lowest BCUT2D eigenvalue weighted by atomic mass is 10.1. The van der Waals surface area contributed by atoms with Crippen LogP contribution >= 0.6 is 0 Å². The van der Waals surface area contributed by atoms with E-state index in [9.17, 15) is 14.4 Å². The molecule has 5 heteroatoms. The quantitative estimate of drug-likeness (QED) is 0.417. The van der Waals surface area contributed by atoms with E-state index >= 15 is 0 Å². The van der Waals surface area contributed by atoms with Crippen LogP contribution in [0.1, 0.15) is 25.3 Å². The van der Waals surface area contributed by atoms with Crippen LogP contribution in [0.25, 0.3) is 11.0 Å². The first kappa shape index (κ1) is 18.4. The number of hydrogen-bond acceptors (Lipinski definition) is 5. The normalized spacial score (nSPS) is 11.4. The number of carbonyl (C=O) groups is 2. The first-order chi connectivity index (χ1) is 11.9. The molecule has 0 radical (unpaired) electrons. The van der Waals surface area contributed by atoms with Gasteiger partial charge >= 0.3 is 5.63 Å². The molecule has 1 heterocycles. The van der Waals surface area contributed by atoms with Gasteiger partial charge in [0.1, 0.15) is 24.2 Å². The van der Waals surface area contributed by atoms with Crippen LogP contribution in [0.15, 0.2) is 57.3 Å². The maximum Gasteiger partial charge on any atom is 0.339 e. The van der Waals surface area contributed by atoms with Crippen LogP contribution in [0.3, 0.4) is 0 Å². The molecular weight excluding hydrogens is 320 g/mol. The standard InChI is InChI=1S/C20H20O5/c1-13(2)16(22)8-7-15(12-21)9-10-24-18-11-19(23)25-17-6-4-5-14(3)20(17)18/h4-6,9,11-12H,1,7-8,10H2,2-3H3. The number of Topliss-reactive ketones (excluding diaryl/α,β-unsaturated/α-hetero) is 1. The molecule has 2 rings (SSSR count). The summed E-state index contributed by atoms with van der Waals surface area (Å²) in [5.41, 5.74) is 1.81. The smallest absolute Gasteiger partial charge is 0.339 e. The highest BCUT2D eigenvalue weighted by atomic mass is 16.5. The Morgan fingerprint density at radius 1 is 1.32 bits per heavy atom. The van der Waals surface area contributed by atoms with Crippen molar-refractivity contribution in [2.75, 3.05) is 6.61 Å². The second kappa shape index (κ2) is 8.24. The van der Waals surface area contributed by atoms with E-state index in [1.54, 1.807) is 25.1 Å². The van der Waals surface area contributed by atoms with Crippen molar-refractivity contribution in [1.82, 2.24) is 0 Å². The summed E-state index contributed by atoms with van der Waals surface area (Å²) < 4.78 is 10.8. The number of carbonyl (C=O) groups excluding carboxylic acids is 2. The van der Waals surface area contributed by atoms with Crippen molar-refractivity contribution in [2.24, 2.45) is 0 Å². The maximum absolute atomic E-state index is 11.6. The van der Waals surface area contributed by atoms with Gasteiger partial charge in [-0.25, -0.2) is 4.79 Å². The minimum Gasteiger partial charge on any atom is -0.488 e. The molecule has 0 fully saturated rings. The van der Waals surface area contributed by atoms with Crippen molar-refractivity contribution in [3.63, 3.8) is 0 Å².